The molecular formula is C19H22F2N4O4. The molecule has 1 N–H and O–H groups in total. The average molecular weight is 408 g/mol. The van der Waals surface area contributed by atoms with E-state index in [1.54, 1.807) is 4.90 Å². The maximum absolute atomic E-state index is 14.8. The van der Waals surface area contributed by atoms with E-state index in [4.69, 9.17) is 4.74 Å². The van der Waals surface area contributed by atoms with E-state index in [1.807, 2.05) is 0 Å². The molecule has 1 aromatic rings. The van der Waals surface area contributed by atoms with Crippen molar-refractivity contribution in [1.29, 1.82) is 0 Å². The maximum atomic E-state index is 14.8. The van der Waals surface area contributed by atoms with Crippen molar-refractivity contribution in [3.8, 4) is 0 Å². The average Bonchev–Trinajstić information content (AvgIpc) is 2.99. The van der Waals surface area contributed by atoms with Crippen LogP contribution in [0.1, 0.15) is 13.3 Å². The molecule has 2 heterocycles. The number of carbonyl (C=O) groups excluding carboxylic acids is 2. The van der Waals surface area contributed by atoms with Crippen LogP contribution in [0.2, 0.25) is 0 Å². The van der Waals surface area contributed by atoms with Crippen molar-refractivity contribution < 1.29 is 23.1 Å². The summed E-state index contributed by atoms with van der Waals surface area (Å²) < 4.78 is 34.7. The molecule has 2 saturated heterocycles. The molecule has 0 aromatic heterocycles. The van der Waals surface area contributed by atoms with Gasteiger partial charge in [-0.05, 0) is 24.2 Å². The number of cyclic esters (lactones) is 1. The highest BCUT2D eigenvalue weighted by Crippen LogP contribution is 2.54. The third kappa shape index (κ3) is 3.75. The minimum absolute atomic E-state index is 0.0818. The summed E-state index contributed by atoms with van der Waals surface area (Å²) in [6.07, 6.45) is -0.561. The van der Waals surface area contributed by atoms with Crippen LogP contribution in [0.5, 0.6) is 0 Å². The summed E-state index contributed by atoms with van der Waals surface area (Å²) in [5, 5.41) is 5.43. The minimum atomic E-state index is -0.731. The summed E-state index contributed by atoms with van der Waals surface area (Å²) >= 11 is 0. The number of rotatable bonds is 7. The van der Waals surface area contributed by atoms with E-state index in [9.17, 15) is 23.3 Å². The molecule has 4 rings (SSSR count). The van der Waals surface area contributed by atoms with E-state index in [2.05, 4.69) is 10.5 Å². The van der Waals surface area contributed by atoms with Crippen LogP contribution < -0.4 is 15.1 Å². The lowest BCUT2D eigenvalue weighted by Crippen LogP contribution is -2.33. The number of carbonyl (C=O) groups is 2. The number of piperidine rings is 1. The van der Waals surface area contributed by atoms with E-state index >= 15 is 0 Å². The number of nitrogens with one attached hydrogen (secondary N) is 1. The number of hydrogen-bond donors (Lipinski definition) is 1. The molecule has 0 spiro atoms. The molecular weight excluding hydrogens is 386 g/mol. The first-order valence-electron chi connectivity index (χ1n) is 9.64. The fourth-order valence-electron chi connectivity index (χ4n) is 4.57. The number of halogens is 2. The SMILES string of the molecule is CC(=O)NC[C@H]1CN(c2cc(F)c(N3C[C@@H]4C(CCN=O)[C@@H]4C3)c(F)c2)C(=O)O1. The van der Waals surface area contributed by atoms with Crippen molar-refractivity contribution in [2.45, 2.75) is 19.4 Å². The second-order valence-corrected chi connectivity index (χ2v) is 7.85. The van der Waals surface area contributed by atoms with Gasteiger partial charge in [-0.1, -0.05) is 5.18 Å². The van der Waals surface area contributed by atoms with Crippen LogP contribution in [0.15, 0.2) is 17.3 Å². The monoisotopic (exact) mass is 408 g/mol. The lowest BCUT2D eigenvalue weighted by Gasteiger charge is -2.24. The van der Waals surface area contributed by atoms with E-state index in [0.29, 0.717) is 30.8 Å². The molecule has 1 aliphatic carbocycles. The minimum Gasteiger partial charge on any atom is -0.442 e. The molecule has 1 aromatic carbocycles. The Balaban J connectivity index is 1.43. The van der Waals surface area contributed by atoms with Gasteiger partial charge in [-0.2, -0.15) is 4.91 Å². The van der Waals surface area contributed by atoms with E-state index in [1.165, 1.54) is 6.92 Å². The van der Waals surface area contributed by atoms with Crippen LogP contribution in [0.4, 0.5) is 25.0 Å². The predicted molar refractivity (Wildman–Crippen MR) is 101 cm³/mol. The first kappa shape index (κ1) is 19.5. The molecule has 1 unspecified atom stereocenters. The first-order valence-corrected chi connectivity index (χ1v) is 9.64. The van der Waals surface area contributed by atoms with Crippen LogP contribution >= 0.6 is 0 Å². The number of nitrogens with zero attached hydrogens (tertiary/aromatic N) is 3. The third-order valence-electron chi connectivity index (χ3n) is 6.01. The highest BCUT2D eigenvalue weighted by Gasteiger charge is 2.55. The van der Waals surface area contributed by atoms with E-state index in [0.717, 1.165) is 23.5 Å². The second-order valence-electron chi connectivity index (χ2n) is 7.85. The van der Waals surface area contributed by atoms with Crippen molar-refractivity contribution in [2.75, 3.05) is 42.5 Å². The Morgan fingerprint density at radius 1 is 1.24 bits per heavy atom. The van der Waals surface area contributed by atoms with Crippen LogP contribution in [0.3, 0.4) is 0 Å². The number of fused-ring (bicyclic) bond motifs is 1. The van der Waals surface area contributed by atoms with Gasteiger partial charge < -0.3 is 15.0 Å². The normalized spacial score (nSPS) is 27.6. The molecule has 156 valence electrons. The number of amides is 2. The van der Waals surface area contributed by atoms with Gasteiger partial charge in [0, 0.05) is 32.1 Å². The highest BCUT2D eigenvalue weighted by molar-refractivity contribution is 5.90. The molecule has 29 heavy (non-hydrogen) atoms. The molecule has 3 aliphatic rings. The molecule has 8 nitrogen and oxygen atoms in total. The summed E-state index contributed by atoms with van der Waals surface area (Å²) in [5.41, 5.74) is -0.00561. The number of anilines is 2. The van der Waals surface area contributed by atoms with Gasteiger partial charge in [0.1, 0.15) is 11.8 Å². The van der Waals surface area contributed by atoms with Crippen LogP contribution in [-0.4, -0.2) is 50.8 Å². The second kappa shape index (κ2) is 7.57. The summed E-state index contributed by atoms with van der Waals surface area (Å²) in [5.74, 6) is -0.615. The number of nitroso groups, excluding NO2 is 1. The van der Waals surface area contributed by atoms with Crippen molar-refractivity contribution >= 4 is 23.4 Å². The Kier molecular flexibility index (Phi) is 5.10. The van der Waals surface area contributed by atoms with Crippen LogP contribution in [0, 0.1) is 34.3 Å². The fraction of sp³-hybridized carbons (Fsp3) is 0.579. The van der Waals surface area contributed by atoms with Crippen molar-refractivity contribution in [3.63, 3.8) is 0 Å². The zero-order valence-corrected chi connectivity index (χ0v) is 15.9. The maximum Gasteiger partial charge on any atom is 0.414 e. The summed E-state index contributed by atoms with van der Waals surface area (Å²) in [6, 6.07) is 2.27. The number of benzene rings is 1. The van der Waals surface area contributed by atoms with Gasteiger partial charge in [0.2, 0.25) is 5.91 Å². The van der Waals surface area contributed by atoms with Crippen LogP contribution in [0.25, 0.3) is 0 Å². The van der Waals surface area contributed by atoms with Crippen molar-refractivity contribution in [1.82, 2.24) is 5.32 Å². The topological polar surface area (TPSA) is 91.3 Å². The molecule has 0 bridgehead atoms. The van der Waals surface area contributed by atoms with Crippen LogP contribution in [-0.2, 0) is 9.53 Å². The summed E-state index contributed by atoms with van der Waals surface area (Å²) in [7, 11) is 0. The Bertz CT molecular complexity index is 816. The smallest absolute Gasteiger partial charge is 0.414 e. The van der Waals surface area contributed by atoms with Gasteiger partial charge in [-0.25, -0.2) is 13.6 Å². The molecule has 1 saturated carbocycles. The van der Waals surface area contributed by atoms with Gasteiger partial charge in [0.15, 0.2) is 11.6 Å². The lowest BCUT2D eigenvalue weighted by atomic mass is 10.1. The summed E-state index contributed by atoms with van der Waals surface area (Å²) in [6.45, 7) is 2.96. The van der Waals surface area contributed by atoms with E-state index in [-0.39, 0.29) is 36.9 Å². The number of ether oxygens (including phenoxy) is 1. The Morgan fingerprint density at radius 3 is 2.48 bits per heavy atom. The molecule has 10 heteroatoms. The molecule has 3 fully saturated rings. The number of hydrogen-bond acceptors (Lipinski definition) is 6. The van der Waals surface area contributed by atoms with Crippen molar-refractivity contribution in [3.05, 3.63) is 28.7 Å². The fourth-order valence-corrected chi connectivity index (χ4v) is 4.57. The van der Waals surface area contributed by atoms with Gasteiger partial charge in [0.05, 0.1) is 25.3 Å². The third-order valence-corrected chi connectivity index (χ3v) is 6.01. The Hall–Kier alpha value is -2.78. The summed E-state index contributed by atoms with van der Waals surface area (Å²) in [4.78, 5) is 36.2. The lowest BCUT2D eigenvalue weighted by molar-refractivity contribution is -0.119. The van der Waals surface area contributed by atoms with Gasteiger partial charge in [0.25, 0.3) is 0 Å². The van der Waals surface area contributed by atoms with Crippen molar-refractivity contribution in [2.24, 2.45) is 22.9 Å². The first-order chi connectivity index (χ1) is 13.9. The Morgan fingerprint density at radius 2 is 1.90 bits per heavy atom. The molecule has 0 radical (unpaired) electrons. The quantitative estimate of drug-likeness (QED) is 0.699. The zero-order chi connectivity index (χ0) is 20.7. The van der Waals surface area contributed by atoms with Gasteiger partial charge in [-0.3, -0.25) is 9.69 Å². The Labute approximate surface area is 166 Å². The highest BCUT2D eigenvalue weighted by atomic mass is 19.1. The van der Waals surface area contributed by atoms with Gasteiger partial charge in [-0.15, -0.1) is 0 Å². The molecule has 2 aliphatic heterocycles. The molecule has 2 amide bonds. The zero-order valence-electron chi connectivity index (χ0n) is 15.9. The molecule has 4 atom stereocenters. The largest absolute Gasteiger partial charge is 0.442 e. The predicted octanol–water partition coefficient (Wildman–Crippen LogP) is 2.26. The standard InChI is InChI=1S/C19H22F2N4O4/c1-10(26)22-6-12-7-25(19(27)29-12)11-4-16(20)18(17(21)5-11)24-8-14-13(2-3-23-28)15(14)9-24/h4-5,12-15H,2-3,6-9H2,1H3,(H,22,26)/t12-,13?,14-,15+/m0/s1. The van der Waals surface area contributed by atoms with E-state index < -0.39 is 23.8 Å². The van der Waals surface area contributed by atoms with Gasteiger partial charge >= 0.3 is 6.09 Å².